The fourth-order valence-electron chi connectivity index (χ4n) is 2.44. The minimum atomic E-state index is -3.72. The molecule has 1 amide bonds. The molecular formula is C19H19N3O4S2. The zero-order valence-corrected chi connectivity index (χ0v) is 16.7. The Morgan fingerprint density at radius 1 is 1.14 bits per heavy atom. The highest BCUT2D eigenvalue weighted by Gasteiger charge is 2.15. The fourth-order valence-corrected chi connectivity index (χ4v) is 4.23. The Balaban J connectivity index is 1.58. The molecule has 1 aromatic heterocycles. The van der Waals surface area contributed by atoms with E-state index in [2.05, 4.69) is 15.0 Å². The van der Waals surface area contributed by atoms with Crippen LogP contribution in [-0.2, 0) is 21.2 Å². The number of aryl methyl sites for hydroxylation is 1. The Morgan fingerprint density at radius 3 is 2.57 bits per heavy atom. The van der Waals surface area contributed by atoms with Crippen molar-refractivity contribution < 1.29 is 17.9 Å². The summed E-state index contributed by atoms with van der Waals surface area (Å²) in [7, 11) is -3.72. The van der Waals surface area contributed by atoms with Crippen molar-refractivity contribution in [1.82, 2.24) is 4.98 Å². The minimum Gasteiger partial charge on any atom is -0.483 e. The number of ether oxygens (including phenoxy) is 1. The van der Waals surface area contributed by atoms with Crippen LogP contribution < -0.4 is 14.8 Å². The Kier molecular flexibility index (Phi) is 6.27. The first-order valence-electron chi connectivity index (χ1n) is 8.51. The smallest absolute Gasteiger partial charge is 0.263 e. The maximum absolute atomic E-state index is 12.3. The number of thiazole rings is 1. The Labute approximate surface area is 167 Å². The lowest BCUT2D eigenvalue weighted by atomic mass is 10.1. The van der Waals surface area contributed by atoms with E-state index in [1.165, 1.54) is 41.8 Å². The van der Waals surface area contributed by atoms with Crippen molar-refractivity contribution in [3.8, 4) is 5.75 Å². The minimum absolute atomic E-state index is 0.0776. The second-order valence-electron chi connectivity index (χ2n) is 5.77. The first-order chi connectivity index (χ1) is 13.5. The molecule has 146 valence electrons. The first-order valence-corrected chi connectivity index (χ1v) is 10.9. The zero-order chi connectivity index (χ0) is 20.0. The average molecular weight is 418 g/mol. The van der Waals surface area contributed by atoms with E-state index in [0.29, 0.717) is 16.6 Å². The van der Waals surface area contributed by atoms with Crippen LogP contribution in [0.25, 0.3) is 0 Å². The number of aromatic nitrogens is 1. The van der Waals surface area contributed by atoms with Gasteiger partial charge >= 0.3 is 0 Å². The summed E-state index contributed by atoms with van der Waals surface area (Å²) in [4.78, 5) is 16.1. The highest BCUT2D eigenvalue weighted by molar-refractivity contribution is 7.93. The van der Waals surface area contributed by atoms with Crippen LogP contribution in [-0.4, -0.2) is 25.9 Å². The molecule has 28 heavy (non-hydrogen) atoms. The van der Waals surface area contributed by atoms with Crippen LogP contribution in [0.2, 0.25) is 0 Å². The van der Waals surface area contributed by atoms with Crippen LogP contribution in [0, 0.1) is 0 Å². The molecule has 2 aromatic carbocycles. The summed E-state index contributed by atoms with van der Waals surface area (Å²) in [6.45, 7) is 1.88. The Morgan fingerprint density at radius 2 is 1.89 bits per heavy atom. The third kappa shape index (κ3) is 5.08. The van der Waals surface area contributed by atoms with E-state index in [-0.39, 0.29) is 17.4 Å². The number of hydrogen-bond acceptors (Lipinski definition) is 6. The van der Waals surface area contributed by atoms with Gasteiger partial charge in [-0.25, -0.2) is 13.4 Å². The summed E-state index contributed by atoms with van der Waals surface area (Å²) in [5.74, 6) is 0.345. The van der Waals surface area contributed by atoms with Crippen molar-refractivity contribution in [3.05, 3.63) is 65.7 Å². The number of hydrogen-bond donors (Lipinski definition) is 2. The largest absolute Gasteiger partial charge is 0.483 e. The molecule has 3 rings (SSSR count). The molecule has 0 unspecified atom stereocenters. The molecule has 0 saturated carbocycles. The number of nitrogens with one attached hydrogen (secondary N) is 2. The molecule has 0 bridgehead atoms. The summed E-state index contributed by atoms with van der Waals surface area (Å²) in [6.07, 6.45) is 2.32. The summed E-state index contributed by atoms with van der Waals surface area (Å²) in [5.41, 5.74) is 1.50. The number of benzene rings is 2. The number of amides is 1. The van der Waals surface area contributed by atoms with E-state index >= 15 is 0 Å². The van der Waals surface area contributed by atoms with Gasteiger partial charge in [0.1, 0.15) is 5.75 Å². The van der Waals surface area contributed by atoms with E-state index < -0.39 is 10.0 Å². The third-order valence-electron chi connectivity index (χ3n) is 3.81. The molecule has 7 nitrogen and oxygen atoms in total. The van der Waals surface area contributed by atoms with E-state index in [0.717, 1.165) is 12.0 Å². The predicted octanol–water partition coefficient (Wildman–Crippen LogP) is 3.52. The number of rotatable bonds is 8. The van der Waals surface area contributed by atoms with Crippen LogP contribution in [0.5, 0.6) is 5.75 Å². The van der Waals surface area contributed by atoms with Crippen molar-refractivity contribution >= 4 is 38.1 Å². The van der Waals surface area contributed by atoms with Crippen molar-refractivity contribution in [1.29, 1.82) is 0 Å². The number of nitrogens with zero attached hydrogens (tertiary/aromatic N) is 1. The van der Waals surface area contributed by atoms with Crippen LogP contribution in [0.3, 0.4) is 0 Å². The molecule has 2 N–H and O–H groups in total. The van der Waals surface area contributed by atoms with Crippen molar-refractivity contribution in [2.24, 2.45) is 0 Å². The topological polar surface area (TPSA) is 97.4 Å². The van der Waals surface area contributed by atoms with Crippen molar-refractivity contribution in [2.75, 3.05) is 16.6 Å². The maximum Gasteiger partial charge on any atom is 0.263 e. The highest BCUT2D eigenvalue weighted by atomic mass is 32.2. The van der Waals surface area contributed by atoms with E-state index in [9.17, 15) is 13.2 Å². The van der Waals surface area contributed by atoms with Crippen molar-refractivity contribution in [3.63, 3.8) is 0 Å². The molecule has 0 radical (unpaired) electrons. The molecule has 0 aliphatic rings. The number of anilines is 2. The first kappa shape index (κ1) is 19.8. The quantitative estimate of drug-likeness (QED) is 0.584. The number of carbonyl (C=O) groups is 1. The molecular weight excluding hydrogens is 398 g/mol. The summed E-state index contributed by atoms with van der Waals surface area (Å²) in [6, 6.07) is 13.4. The molecule has 0 spiro atoms. The molecule has 9 heteroatoms. The lowest BCUT2D eigenvalue weighted by Gasteiger charge is -2.11. The summed E-state index contributed by atoms with van der Waals surface area (Å²) >= 11 is 1.19. The van der Waals surface area contributed by atoms with E-state index in [1.807, 2.05) is 31.2 Å². The van der Waals surface area contributed by atoms with E-state index in [4.69, 9.17) is 4.74 Å². The third-order valence-corrected chi connectivity index (χ3v) is 5.99. The monoisotopic (exact) mass is 417 g/mol. The standard InChI is InChI=1S/C19H19N3O4S2/c1-2-14-5-3-4-6-17(14)26-13-18(23)21-15-7-9-16(10-8-15)28(24,25)22-19-20-11-12-27-19/h3-12H,2,13H2,1H3,(H,20,22)(H,21,23). The number of para-hydroxylation sites is 1. The normalized spacial score (nSPS) is 11.0. The Hall–Kier alpha value is -2.91. The van der Waals surface area contributed by atoms with Gasteiger partial charge < -0.3 is 10.1 Å². The molecule has 3 aromatic rings. The highest BCUT2D eigenvalue weighted by Crippen LogP contribution is 2.20. The van der Waals surface area contributed by atoms with Gasteiger partial charge in [0.2, 0.25) is 0 Å². The predicted molar refractivity (Wildman–Crippen MR) is 109 cm³/mol. The SMILES string of the molecule is CCc1ccccc1OCC(=O)Nc1ccc(S(=O)(=O)Nc2nccs2)cc1. The van der Waals surface area contributed by atoms with Gasteiger partial charge in [-0.1, -0.05) is 25.1 Å². The maximum atomic E-state index is 12.3. The molecule has 0 fully saturated rings. The van der Waals surface area contributed by atoms with Crippen LogP contribution in [0.15, 0.2) is 65.0 Å². The molecule has 0 saturated heterocycles. The summed E-state index contributed by atoms with van der Waals surface area (Å²) < 4.78 is 32.6. The van der Waals surface area contributed by atoms with E-state index in [1.54, 1.807) is 5.38 Å². The van der Waals surface area contributed by atoms with Gasteiger partial charge in [-0.2, -0.15) is 0 Å². The molecule has 0 aliphatic heterocycles. The molecule has 1 heterocycles. The van der Waals surface area contributed by atoms with Crippen LogP contribution >= 0.6 is 11.3 Å². The van der Waals surface area contributed by atoms with Gasteiger partial charge in [0.15, 0.2) is 11.7 Å². The number of carbonyl (C=O) groups excluding carboxylic acids is 1. The average Bonchev–Trinajstić information content (AvgIpc) is 3.19. The van der Waals surface area contributed by atoms with Crippen LogP contribution in [0.4, 0.5) is 10.8 Å². The lowest BCUT2D eigenvalue weighted by molar-refractivity contribution is -0.118. The van der Waals surface area contributed by atoms with Gasteiger partial charge in [0.05, 0.1) is 4.90 Å². The second-order valence-corrected chi connectivity index (χ2v) is 8.34. The van der Waals surface area contributed by atoms with Crippen molar-refractivity contribution in [2.45, 2.75) is 18.2 Å². The van der Waals surface area contributed by atoms with Gasteiger partial charge in [-0.3, -0.25) is 9.52 Å². The zero-order valence-electron chi connectivity index (χ0n) is 15.1. The summed E-state index contributed by atoms with van der Waals surface area (Å²) in [5, 5.41) is 4.66. The van der Waals surface area contributed by atoms with Crippen LogP contribution in [0.1, 0.15) is 12.5 Å². The van der Waals surface area contributed by atoms with Gasteiger partial charge in [-0.05, 0) is 42.3 Å². The lowest BCUT2D eigenvalue weighted by Crippen LogP contribution is -2.20. The number of sulfonamides is 1. The van der Waals surface area contributed by atoms with Gasteiger partial charge in [0, 0.05) is 17.3 Å². The Bertz CT molecular complexity index is 1030. The second kappa shape index (κ2) is 8.85. The fraction of sp³-hybridized carbons (Fsp3) is 0.158. The van der Waals surface area contributed by atoms with Gasteiger partial charge in [0.25, 0.3) is 15.9 Å². The van der Waals surface area contributed by atoms with Gasteiger partial charge in [-0.15, -0.1) is 11.3 Å². The molecule has 0 aliphatic carbocycles. The molecule has 0 atom stereocenters.